The van der Waals surface area contributed by atoms with Crippen LogP contribution in [-0.4, -0.2) is 26.0 Å². The first-order valence-electron chi connectivity index (χ1n) is 4.53. The van der Waals surface area contributed by atoms with E-state index in [9.17, 15) is 0 Å². The standard InChI is InChI=1S/C11H15N3/c1-13-11-5-4-9(8-14(2)3)6-10(11)7-12/h4-6,13H,8H2,1-3H3. The Morgan fingerprint density at radius 3 is 2.64 bits per heavy atom. The van der Waals surface area contributed by atoms with Crippen LogP contribution >= 0.6 is 0 Å². The molecule has 0 spiro atoms. The normalized spacial score (nSPS) is 9.93. The van der Waals surface area contributed by atoms with Crippen LogP contribution in [0.5, 0.6) is 0 Å². The molecule has 0 unspecified atom stereocenters. The first kappa shape index (κ1) is 10.6. The van der Waals surface area contributed by atoms with Crippen molar-refractivity contribution in [1.29, 1.82) is 5.26 Å². The van der Waals surface area contributed by atoms with Crippen molar-refractivity contribution in [3.63, 3.8) is 0 Å². The van der Waals surface area contributed by atoms with Crippen LogP contribution in [0.25, 0.3) is 0 Å². The second-order valence-corrected chi connectivity index (χ2v) is 3.48. The molecule has 0 saturated carbocycles. The van der Waals surface area contributed by atoms with Crippen LogP contribution in [0.1, 0.15) is 11.1 Å². The molecule has 0 saturated heterocycles. The van der Waals surface area contributed by atoms with Gasteiger partial charge < -0.3 is 10.2 Å². The lowest BCUT2D eigenvalue weighted by molar-refractivity contribution is 0.402. The van der Waals surface area contributed by atoms with E-state index < -0.39 is 0 Å². The third kappa shape index (κ3) is 2.48. The van der Waals surface area contributed by atoms with E-state index in [1.54, 1.807) is 0 Å². The van der Waals surface area contributed by atoms with E-state index in [0.29, 0.717) is 5.56 Å². The number of rotatable bonds is 3. The molecule has 1 aromatic rings. The van der Waals surface area contributed by atoms with Crippen molar-refractivity contribution in [1.82, 2.24) is 4.90 Å². The highest BCUT2D eigenvalue weighted by molar-refractivity contribution is 5.58. The molecule has 3 heteroatoms. The number of anilines is 1. The van der Waals surface area contributed by atoms with Crippen LogP contribution in [0.2, 0.25) is 0 Å². The summed E-state index contributed by atoms with van der Waals surface area (Å²) in [5.41, 5.74) is 2.74. The van der Waals surface area contributed by atoms with Gasteiger partial charge in [-0.25, -0.2) is 0 Å². The molecule has 14 heavy (non-hydrogen) atoms. The van der Waals surface area contributed by atoms with Crippen LogP contribution in [0.4, 0.5) is 5.69 Å². The van der Waals surface area contributed by atoms with E-state index in [-0.39, 0.29) is 0 Å². The highest BCUT2D eigenvalue weighted by Gasteiger charge is 2.02. The van der Waals surface area contributed by atoms with Crippen LogP contribution in [0.3, 0.4) is 0 Å². The van der Waals surface area contributed by atoms with Crippen molar-refractivity contribution in [3.05, 3.63) is 29.3 Å². The summed E-state index contributed by atoms with van der Waals surface area (Å²) < 4.78 is 0. The Bertz CT molecular complexity index is 350. The molecule has 3 nitrogen and oxygen atoms in total. The Kier molecular flexibility index (Phi) is 3.49. The molecule has 0 aromatic heterocycles. The number of nitrogens with zero attached hydrogens (tertiary/aromatic N) is 2. The SMILES string of the molecule is CNc1ccc(CN(C)C)cc1C#N. The summed E-state index contributed by atoms with van der Waals surface area (Å²) in [6.07, 6.45) is 0. The van der Waals surface area contributed by atoms with Crippen LogP contribution in [0, 0.1) is 11.3 Å². The van der Waals surface area contributed by atoms with Gasteiger partial charge in [-0.1, -0.05) is 6.07 Å². The van der Waals surface area contributed by atoms with E-state index in [0.717, 1.165) is 17.8 Å². The Balaban J connectivity index is 2.97. The van der Waals surface area contributed by atoms with E-state index in [4.69, 9.17) is 5.26 Å². The van der Waals surface area contributed by atoms with E-state index in [1.165, 1.54) is 0 Å². The maximum absolute atomic E-state index is 8.90. The van der Waals surface area contributed by atoms with Gasteiger partial charge in [-0.05, 0) is 31.8 Å². The quantitative estimate of drug-likeness (QED) is 0.786. The lowest BCUT2D eigenvalue weighted by atomic mass is 10.1. The van der Waals surface area contributed by atoms with Crippen molar-refractivity contribution in [2.24, 2.45) is 0 Å². The molecule has 1 N–H and O–H groups in total. The van der Waals surface area contributed by atoms with Crippen LogP contribution < -0.4 is 5.32 Å². The molecule has 0 fully saturated rings. The minimum absolute atomic E-state index is 0.701. The molecular weight excluding hydrogens is 174 g/mol. The molecule has 0 atom stereocenters. The van der Waals surface area contributed by atoms with Gasteiger partial charge in [-0.3, -0.25) is 0 Å². The van der Waals surface area contributed by atoms with E-state index in [1.807, 2.05) is 39.3 Å². The number of hydrogen-bond donors (Lipinski definition) is 1. The van der Waals surface area contributed by atoms with Gasteiger partial charge >= 0.3 is 0 Å². The number of hydrogen-bond acceptors (Lipinski definition) is 3. The van der Waals surface area contributed by atoms with Crippen molar-refractivity contribution >= 4 is 5.69 Å². The molecule has 1 aromatic carbocycles. The average molecular weight is 189 g/mol. The zero-order chi connectivity index (χ0) is 10.6. The van der Waals surface area contributed by atoms with Gasteiger partial charge in [0.2, 0.25) is 0 Å². The first-order valence-corrected chi connectivity index (χ1v) is 4.53. The molecule has 74 valence electrons. The Hall–Kier alpha value is -1.53. The summed E-state index contributed by atoms with van der Waals surface area (Å²) in [6, 6.07) is 8.08. The average Bonchev–Trinajstić information content (AvgIpc) is 2.16. The van der Waals surface area contributed by atoms with Gasteiger partial charge in [0.05, 0.1) is 11.3 Å². The first-order chi connectivity index (χ1) is 6.67. The topological polar surface area (TPSA) is 39.1 Å². The van der Waals surface area contributed by atoms with Crippen molar-refractivity contribution in [3.8, 4) is 6.07 Å². The van der Waals surface area contributed by atoms with Crippen molar-refractivity contribution in [2.45, 2.75) is 6.54 Å². The van der Waals surface area contributed by atoms with E-state index in [2.05, 4.69) is 16.3 Å². The summed E-state index contributed by atoms with van der Waals surface area (Å²) in [4.78, 5) is 2.08. The fourth-order valence-electron chi connectivity index (χ4n) is 1.37. The Labute approximate surface area is 85.0 Å². The second-order valence-electron chi connectivity index (χ2n) is 3.48. The predicted molar refractivity (Wildman–Crippen MR) is 58.1 cm³/mol. The fraction of sp³-hybridized carbons (Fsp3) is 0.364. The molecule has 0 aliphatic carbocycles. The Morgan fingerprint density at radius 1 is 1.43 bits per heavy atom. The van der Waals surface area contributed by atoms with Gasteiger partial charge in [-0.2, -0.15) is 5.26 Å². The van der Waals surface area contributed by atoms with Gasteiger partial charge in [0, 0.05) is 13.6 Å². The maximum atomic E-state index is 8.90. The fourth-order valence-corrected chi connectivity index (χ4v) is 1.37. The smallest absolute Gasteiger partial charge is 0.101 e. The van der Waals surface area contributed by atoms with Crippen molar-refractivity contribution < 1.29 is 0 Å². The molecule has 0 amide bonds. The summed E-state index contributed by atoms with van der Waals surface area (Å²) in [7, 11) is 5.85. The zero-order valence-corrected chi connectivity index (χ0v) is 8.83. The summed E-state index contributed by atoms with van der Waals surface area (Å²) in [5.74, 6) is 0. The second kappa shape index (κ2) is 4.64. The van der Waals surface area contributed by atoms with Gasteiger partial charge in [-0.15, -0.1) is 0 Å². The molecule has 0 aliphatic rings. The number of benzene rings is 1. The molecule has 1 rings (SSSR count). The predicted octanol–water partition coefficient (Wildman–Crippen LogP) is 1.66. The maximum Gasteiger partial charge on any atom is 0.101 e. The number of nitriles is 1. The lowest BCUT2D eigenvalue weighted by Crippen LogP contribution is -2.10. The molecule has 0 aliphatic heterocycles. The van der Waals surface area contributed by atoms with Crippen LogP contribution in [-0.2, 0) is 6.54 Å². The number of nitrogens with one attached hydrogen (secondary N) is 1. The zero-order valence-electron chi connectivity index (χ0n) is 8.83. The molecule has 0 heterocycles. The third-order valence-corrected chi connectivity index (χ3v) is 1.97. The molecular formula is C11H15N3. The van der Waals surface area contributed by atoms with Gasteiger partial charge in [0.25, 0.3) is 0 Å². The largest absolute Gasteiger partial charge is 0.387 e. The summed E-state index contributed by atoms with van der Waals surface area (Å²) >= 11 is 0. The monoisotopic (exact) mass is 189 g/mol. The van der Waals surface area contributed by atoms with Gasteiger partial charge in [0.1, 0.15) is 6.07 Å². The summed E-state index contributed by atoms with van der Waals surface area (Å²) in [6.45, 7) is 0.860. The molecule has 0 bridgehead atoms. The summed E-state index contributed by atoms with van der Waals surface area (Å²) in [5, 5.41) is 11.9. The van der Waals surface area contributed by atoms with Gasteiger partial charge in [0.15, 0.2) is 0 Å². The highest BCUT2D eigenvalue weighted by Crippen LogP contribution is 2.16. The minimum Gasteiger partial charge on any atom is -0.387 e. The molecule has 0 radical (unpaired) electrons. The lowest BCUT2D eigenvalue weighted by Gasteiger charge is -2.11. The van der Waals surface area contributed by atoms with Crippen molar-refractivity contribution in [2.75, 3.05) is 26.5 Å². The Morgan fingerprint density at radius 2 is 2.14 bits per heavy atom. The minimum atomic E-state index is 0.701. The van der Waals surface area contributed by atoms with E-state index >= 15 is 0 Å². The highest BCUT2D eigenvalue weighted by atomic mass is 15.0. The van der Waals surface area contributed by atoms with Crippen LogP contribution in [0.15, 0.2) is 18.2 Å². The third-order valence-electron chi connectivity index (χ3n) is 1.97.